The standard InChI is InChI=1S/C15H15Cl2N3O/c16-12-3-2-11(8-13(12)17)14(21)15(4-6-18-9-15)10-20-7-1-5-19-20/h1-3,5,7-8,18H,4,6,9-10H2. The second-order valence-electron chi connectivity index (χ2n) is 5.37. The topological polar surface area (TPSA) is 46.9 Å². The van der Waals surface area contributed by atoms with Gasteiger partial charge in [-0.3, -0.25) is 9.48 Å². The van der Waals surface area contributed by atoms with E-state index in [4.69, 9.17) is 23.2 Å². The first-order valence-electron chi connectivity index (χ1n) is 6.79. The van der Waals surface area contributed by atoms with Crippen molar-refractivity contribution in [2.45, 2.75) is 13.0 Å². The number of benzene rings is 1. The quantitative estimate of drug-likeness (QED) is 0.880. The second-order valence-corrected chi connectivity index (χ2v) is 6.18. The molecular formula is C15H15Cl2N3O. The average Bonchev–Trinajstić information content (AvgIpc) is 3.14. The second kappa shape index (κ2) is 5.79. The normalized spacial score (nSPS) is 21.6. The summed E-state index contributed by atoms with van der Waals surface area (Å²) in [4.78, 5) is 13.0. The van der Waals surface area contributed by atoms with E-state index >= 15 is 0 Å². The lowest BCUT2D eigenvalue weighted by Gasteiger charge is -2.26. The van der Waals surface area contributed by atoms with E-state index in [2.05, 4.69) is 10.4 Å². The molecule has 0 amide bonds. The first-order valence-corrected chi connectivity index (χ1v) is 7.54. The highest BCUT2D eigenvalue weighted by molar-refractivity contribution is 6.42. The molecule has 1 aromatic heterocycles. The van der Waals surface area contributed by atoms with Crippen LogP contribution in [0.4, 0.5) is 0 Å². The molecule has 110 valence electrons. The van der Waals surface area contributed by atoms with Gasteiger partial charge in [-0.1, -0.05) is 23.2 Å². The summed E-state index contributed by atoms with van der Waals surface area (Å²) in [6.45, 7) is 2.03. The molecule has 0 saturated carbocycles. The molecule has 1 saturated heterocycles. The molecule has 1 aromatic carbocycles. The number of nitrogens with zero attached hydrogens (tertiary/aromatic N) is 2. The van der Waals surface area contributed by atoms with Crippen LogP contribution in [0.1, 0.15) is 16.8 Å². The molecule has 4 nitrogen and oxygen atoms in total. The maximum absolute atomic E-state index is 13.0. The SMILES string of the molecule is O=C(c1ccc(Cl)c(Cl)c1)C1(Cn2cccn2)CCNC1. The Balaban J connectivity index is 1.92. The molecule has 1 atom stereocenters. The Hall–Kier alpha value is -1.36. The maximum atomic E-state index is 13.0. The minimum atomic E-state index is -0.483. The van der Waals surface area contributed by atoms with E-state index < -0.39 is 5.41 Å². The van der Waals surface area contributed by atoms with Crippen LogP contribution in [-0.2, 0) is 6.54 Å². The lowest BCUT2D eigenvalue weighted by Crippen LogP contribution is -2.38. The van der Waals surface area contributed by atoms with Crippen molar-refractivity contribution < 1.29 is 4.79 Å². The van der Waals surface area contributed by atoms with Gasteiger partial charge in [-0.05, 0) is 37.2 Å². The molecule has 0 radical (unpaired) electrons. The molecule has 0 aliphatic carbocycles. The average molecular weight is 324 g/mol. The Bertz CT molecular complexity index is 649. The molecule has 1 aliphatic heterocycles. The summed E-state index contributed by atoms with van der Waals surface area (Å²) >= 11 is 12.0. The fourth-order valence-electron chi connectivity index (χ4n) is 2.79. The van der Waals surface area contributed by atoms with Gasteiger partial charge in [0.1, 0.15) is 0 Å². The molecule has 1 fully saturated rings. The van der Waals surface area contributed by atoms with Gasteiger partial charge >= 0.3 is 0 Å². The number of rotatable bonds is 4. The molecular weight excluding hydrogens is 309 g/mol. The van der Waals surface area contributed by atoms with Gasteiger partial charge in [-0.2, -0.15) is 5.10 Å². The van der Waals surface area contributed by atoms with Crippen LogP contribution in [0.15, 0.2) is 36.7 Å². The lowest BCUT2D eigenvalue weighted by atomic mass is 9.79. The number of halogens is 2. The first-order chi connectivity index (χ1) is 10.1. The molecule has 1 N–H and O–H groups in total. The van der Waals surface area contributed by atoms with Crippen LogP contribution in [0.3, 0.4) is 0 Å². The van der Waals surface area contributed by atoms with Gasteiger partial charge in [0.2, 0.25) is 0 Å². The van der Waals surface area contributed by atoms with Crippen molar-refractivity contribution in [3.05, 3.63) is 52.3 Å². The van der Waals surface area contributed by atoms with Gasteiger partial charge in [0.05, 0.1) is 22.0 Å². The monoisotopic (exact) mass is 323 g/mol. The molecule has 0 spiro atoms. The van der Waals surface area contributed by atoms with Crippen LogP contribution >= 0.6 is 23.2 Å². The molecule has 1 aliphatic rings. The van der Waals surface area contributed by atoms with Crippen molar-refractivity contribution in [2.24, 2.45) is 5.41 Å². The van der Waals surface area contributed by atoms with Gasteiger partial charge in [0.25, 0.3) is 0 Å². The van der Waals surface area contributed by atoms with Gasteiger partial charge in [-0.25, -0.2) is 0 Å². The largest absolute Gasteiger partial charge is 0.316 e. The minimum absolute atomic E-state index is 0.0848. The van der Waals surface area contributed by atoms with Gasteiger partial charge in [0.15, 0.2) is 5.78 Å². The Morgan fingerprint density at radius 3 is 2.86 bits per heavy atom. The summed E-state index contributed by atoms with van der Waals surface area (Å²) in [7, 11) is 0. The number of hydrogen-bond acceptors (Lipinski definition) is 3. The van der Waals surface area contributed by atoms with E-state index in [1.807, 2.05) is 16.9 Å². The summed E-state index contributed by atoms with van der Waals surface area (Å²) < 4.78 is 1.81. The smallest absolute Gasteiger partial charge is 0.172 e. The van der Waals surface area contributed by atoms with Crippen molar-refractivity contribution in [3.63, 3.8) is 0 Å². The van der Waals surface area contributed by atoms with E-state index in [0.717, 1.165) is 13.0 Å². The van der Waals surface area contributed by atoms with E-state index in [1.165, 1.54) is 0 Å². The van der Waals surface area contributed by atoms with Crippen LogP contribution in [0, 0.1) is 5.41 Å². The number of hydrogen-bond donors (Lipinski definition) is 1. The fraction of sp³-hybridized carbons (Fsp3) is 0.333. The molecule has 2 aromatic rings. The van der Waals surface area contributed by atoms with E-state index in [1.54, 1.807) is 24.4 Å². The summed E-state index contributed by atoms with van der Waals surface area (Å²) in [5.74, 6) is 0.0848. The van der Waals surface area contributed by atoms with Crippen LogP contribution in [-0.4, -0.2) is 28.7 Å². The highest BCUT2D eigenvalue weighted by atomic mass is 35.5. The number of ketones is 1. The van der Waals surface area contributed by atoms with Crippen molar-refractivity contribution in [3.8, 4) is 0 Å². The zero-order valence-electron chi connectivity index (χ0n) is 11.4. The highest BCUT2D eigenvalue weighted by Crippen LogP contribution is 2.33. The number of nitrogens with one attached hydrogen (secondary N) is 1. The third-order valence-electron chi connectivity index (χ3n) is 3.93. The van der Waals surface area contributed by atoms with E-state index in [-0.39, 0.29) is 5.78 Å². The maximum Gasteiger partial charge on any atom is 0.172 e. The molecule has 0 bridgehead atoms. The zero-order chi connectivity index (χ0) is 14.9. The number of aromatic nitrogens is 2. The van der Waals surface area contributed by atoms with Gasteiger partial charge < -0.3 is 5.32 Å². The molecule has 6 heteroatoms. The first kappa shape index (κ1) is 14.6. The van der Waals surface area contributed by atoms with Gasteiger partial charge in [0, 0.05) is 24.5 Å². The number of carbonyl (C=O) groups excluding carboxylic acids is 1. The van der Waals surface area contributed by atoms with Crippen molar-refractivity contribution >= 4 is 29.0 Å². The van der Waals surface area contributed by atoms with Crippen molar-refractivity contribution in [1.82, 2.24) is 15.1 Å². The van der Waals surface area contributed by atoms with Crippen LogP contribution in [0.5, 0.6) is 0 Å². The third kappa shape index (κ3) is 2.84. The summed E-state index contributed by atoms with van der Waals surface area (Å²) in [5, 5.41) is 8.37. The molecule has 3 rings (SSSR count). The number of carbonyl (C=O) groups is 1. The van der Waals surface area contributed by atoms with Crippen LogP contribution < -0.4 is 5.32 Å². The summed E-state index contributed by atoms with van der Waals surface area (Å²) in [6, 6.07) is 6.91. The van der Waals surface area contributed by atoms with E-state index in [0.29, 0.717) is 28.7 Å². The Morgan fingerprint density at radius 1 is 1.38 bits per heavy atom. The predicted octanol–water partition coefficient (Wildman–Crippen LogP) is 3.05. The highest BCUT2D eigenvalue weighted by Gasteiger charge is 2.42. The summed E-state index contributed by atoms with van der Waals surface area (Å²) in [5.41, 5.74) is 0.115. The fourth-order valence-corrected chi connectivity index (χ4v) is 3.09. The third-order valence-corrected chi connectivity index (χ3v) is 4.67. The van der Waals surface area contributed by atoms with Gasteiger partial charge in [-0.15, -0.1) is 0 Å². The lowest BCUT2D eigenvalue weighted by molar-refractivity contribution is 0.0782. The Kier molecular flexibility index (Phi) is 4.02. The molecule has 2 heterocycles. The van der Waals surface area contributed by atoms with Crippen LogP contribution in [0.25, 0.3) is 0 Å². The number of Topliss-reactive ketones (excluding diaryl/α,β-unsaturated/α-hetero) is 1. The molecule has 21 heavy (non-hydrogen) atoms. The van der Waals surface area contributed by atoms with Crippen LogP contribution in [0.2, 0.25) is 10.0 Å². The minimum Gasteiger partial charge on any atom is -0.316 e. The predicted molar refractivity (Wildman–Crippen MR) is 82.9 cm³/mol. The Morgan fingerprint density at radius 2 is 2.24 bits per heavy atom. The van der Waals surface area contributed by atoms with E-state index in [9.17, 15) is 4.79 Å². The van der Waals surface area contributed by atoms with Crippen molar-refractivity contribution in [2.75, 3.05) is 13.1 Å². The zero-order valence-corrected chi connectivity index (χ0v) is 12.9. The Labute approximate surface area is 133 Å². The molecule has 1 unspecified atom stereocenters. The van der Waals surface area contributed by atoms with Crippen molar-refractivity contribution in [1.29, 1.82) is 0 Å². The summed E-state index contributed by atoms with van der Waals surface area (Å²) in [6.07, 6.45) is 4.38.